The molecule has 1 saturated carbocycles. The minimum Gasteiger partial charge on any atom is -0.480 e. The number of benzene rings is 1. The molecule has 2 fully saturated rings. The van der Waals surface area contributed by atoms with Crippen LogP contribution in [0.3, 0.4) is 0 Å². The molecule has 1 unspecified atom stereocenters. The van der Waals surface area contributed by atoms with Crippen LogP contribution in [-0.2, 0) is 16.1 Å². The van der Waals surface area contributed by atoms with Crippen LogP contribution < -0.4 is 5.32 Å². The van der Waals surface area contributed by atoms with E-state index in [0.29, 0.717) is 19.6 Å². The molecular formula is C21H30FN3O3. The zero-order valence-electron chi connectivity index (χ0n) is 16.4. The van der Waals surface area contributed by atoms with Gasteiger partial charge in [0.05, 0.1) is 12.5 Å². The SMILES string of the molecule is CCN(CC(=O)O)C1CC(NC(=O)C2CCCN(Cc3cccc(F)c3)C2)C1. The first-order valence-corrected chi connectivity index (χ1v) is 10.2. The molecule has 1 aromatic carbocycles. The summed E-state index contributed by atoms with van der Waals surface area (Å²) in [7, 11) is 0. The van der Waals surface area contributed by atoms with Crippen molar-refractivity contribution in [2.75, 3.05) is 26.2 Å². The maximum Gasteiger partial charge on any atom is 0.317 e. The van der Waals surface area contributed by atoms with E-state index in [1.54, 1.807) is 12.1 Å². The van der Waals surface area contributed by atoms with Crippen molar-refractivity contribution in [3.05, 3.63) is 35.6 Å². The van der Waals surface area contributed by atoms with Gasteiger partial charge in [-0.15, -0.1) is 0 Å². The molecule has 6 nitrogen and oxygen atoms in total. The van der Waals surface area contributed by atoms with Crippen molar-refractivity contribution in [2.24, 2.45) is 5.92 Å². The van der Waals surface area contributed by atoms with Crippen molar-refractivity contribution in [1.29, 1.82) is 0 Å². The highest BCUT2D eigenvalue weighted by Crippen LogP contribution is 2.27. The number of amides is 1. The molecule has 28 heavy (non-hydrogen) atoms. The Hall–Kier alpha value is -1.99. The van der Waals surface area contributed by atoms with Crippen LogP contribution in [0.15, 0.2) is 24.3 Å². The molecule has 0 spiro atoms. The summed E-state index contributed by atoms with van der Waals surface area (Å²) in [5, 5.41) is 12.1. The van der Waals surface area contributed by atoms with E-state index in [-0.39, 0.29) is 36.3 Å². The maximum atomic E-state index is 13.4. The lowest BCUT2D eigenvalue weighted by Gasteiger charge is -2.43. The predicted octanol–water partition coefficient (Wildman–Crippen LogP) is 2.09. The zero-order valence-corrected chi connectivity index (χ0v) is 16.4. The van der Waals surface area contributed by atoms with Crippen LogP contribution >= 0.6 is 0 Å². The van der Waals surface area contributed by atoms with Crippen LogP contribution in [0.2, 0.25) is 0 Å². The van der Waals surface area contributed by atoms with Gasteiger partial charge >= 0.3 is 5.97 Å². The second-order valence-corrected chi connectivity index (χ2v) is 7.99. The van der Waals surface area contributed by atoms with Crippen LogP contribution in [-0.4, -0.2) is 65.0 Å². The van der Waals surface area contributed by atoms with E-state index in [2.05, 4.69) is 10.2 Å². The Labute approximate surface area is 165 Å². The van der Waals surface area contributed by atoms with Gasteiger partial charge in [0.15, 0.2) is 0 Å². The van der Waals surface area contributed by atoms with Crippen molar-refractivity contribution >= 4 is 11.9 Å². The summed E-state index contributed by atoms with van der Waals surface area (Å²) in [6.07, 6.45) is 3.46. The van der Waals surface area contributed by atoms with Gasteiger partial charge in [0.2, 0.25) is 5.91 Å². The quantitative estimate of drug-likeness (QED) is 0.710. The molecule has 1 atom stereocenters. The molecule has 1 amide bonds. The zero-order chi connectivity index (χ0) is 20.1. The third kappa shape index (κ3) is 5.52. The van der Waals surface area contributed by atoms with Gasteiger partial charge in [-0.1, -0.05) is 19.1 Å². The summed E-state index contributed by atoms with van der Waals surface area (Å²) in [6, 6.07) is 7.00. The number of piperidine rings is 1. The first-order valence-electron chi connectivity index (χ1n) is 10.2. The number of hydrogen-bond donors (Lipinski definition) is 2. The summed E-state index contributed by atoms with van der Waals surface area (Å²) < 4.78 is 13.4. The summed E-state index contributed by atoms with van der Waals surface area (Å²) in [5.74, 6) is -0.987. The lowest BCUT2D eigenvalue weighted by atomic mass is 9.84. The number of carbonyl (C=O) groups excluding carboxylic acids is 1. The summed E-state index contributed by atoms with van der Waals surface area (Å²) >= 11 is 0. The monoisotopic (exact) mass is 391 g/mol. The third-order valence-corrected chi connectivity index (χ3v) is 5.89. The predicted molar refractivity (Wildman–Crippen MR) is 104 cm³/mol. The van der Waals surface area contributed by atoms with Gasteiger partial charge in [-0.2, -0.15) is 0 Å². The minimum atomic E-state index is -0.810. The fourth-order valence-corrected chi connectivity index (χ4v) is 4.30. The fourth-order valence-electron chi connectivity index (χ4n) is 4.30. The molecule has 0 aromatic heterocycles. The van der Waals surface area contributed by atoms with E-state index < -0.39 is 5.97 Å². The molecule has 2 aliphatic rings. The number of likely N-dealkylation sites (tertiary alicyclic amines) is 1. The first kappa shape index (κ1) is 20.7. The number of likely N-dealkylation sites (N-methyl/N-ethyl adjacent to an activating group) is 1. The smallest absolute Gasteiger partial charge is 0.317 e. The molecule has 0 radical (unpaired) electrons. The van der Waals surface area contributed by atoms with Gasteiger partial charge in [-0.3, -0.25) is 19.4 Å². The van der Waals surface area contributed by atoms with E-state index in [4.69, 9.17) is 5.11 Å². The van der Waals surface area contributed by atoms with Crippen LogP contribution in [0, 0.1) is 11.7 Å². The number of nitrogens with zero attached hydrogens (tertiary/aromatic N) is 2. The standard InChI is InChI=1S/C21H30FN3O3/c1-2-25(14-20(26)27)19-10-18(11-19)23-21(28)16-6-4-8-24(13-16)12-15-5-3-7-17(22)9-15/h3,5,7,9,16,18-19H,2,4,6,8,10-14H2,1H3,(H,23,28)(H,26,27). The highest BCUT2D eigenvalue weighted by atomic mass is 19.1. The number of hydrogen-bond acceptors (Lipinski definition) is 4. The van der Waals surface area contributed by atoms with E-state index in [0.717, 1.165) is 37.8 Å². The van der Waals surface area contributed by atoms with E-state index in [1.807, 2.05) is 17.9 Å². The second kappa shape index (κ2) is 9.47. The Morgan fingerprint density at radius 1 is 1.36 bits per heavy atom. The Balaban J connectivity index is 1.44. The normalized spacial score (nSPS) is 25.3. The van der Waals surface area contributed by atoms with Crippen molar-refractivity contribution in [3.63, 3.8) is 0 Å². The van der Waals surface area contributed by atoms with Crippen molar-refractivity contribution in [3.8, 4) is 0 Å². The molecule has 3 rings (SSSR count). The van der Waals surface area contributed by atoms with E-state index in [9.17, 15) is 14.0 Å². The Kier molecular flexibility index (Phi) is 7.02. The van der Waals surface area contributed by atoms with Gasteiger partial charge in [-0.25, -0.2) is 4.39 Å². The van der Waals surface area contributed by atoms with Crippen LogP contribution in [0.25, 0.3) is 0 Å². The first-order chi connectivity index (χ1) is 13.4. The lowest BCUT2D eigenvalue weighted by molar-refractivity contribution is -0.140. The summed E-state index contributed by atoms with van der Waals surface area (Å²) in [5.41, 5.74) is 0.931. The third-order valence-electron chi connectivity index (χ3n) is 5.89. The molecule has 1 aliphatic heterocycles. The van der Waals surface area contributed by atoms with Gasteiger partial charge in [0.25, 0.3) is 0 Å². The number of nitrogens with one attached hydrogen (secondary N) is 1. The van der Waals surface area contributed by atoms with Gasteiger partial charge in [0.1, 0.15) is 5.82 Å². The Morgan fingerprint density at radius 3 is 2.82 bits per heavy atom. The van der Waals surface area contributed by atoms with Crippen molar-refractivity contribution in [2.45, 2.75) is 51.2 Å². The average molecular weight is 391 g/mol. The van der Waals surface area contributed by atoms with E-state index >= 15 is 0 Å². The molecule has 1 heterocycles. The summed E-state index contributed by atoms with van der Waals surface area (Å²) in [6.45, 7) is 5.00. The second-order valence-electron chi connectivity index (χ2n) is 7.99. The van der Waals surface area contributed by atoms with Crippen molar-refractivity contribution in [1.82, 2.24) is 15.1 Å². The number of aliphatic carboxylic acids is 1. The van der Waals surface area contributed by atoms with Crippen LogP contribution in [0.5, 0.6) is 0 Å². The molecule has 1 aliphatic carbocycles. The number of rotatable bonds is 8. The number of carboxylic acids is 1. The van der Waals surface area contributed by atoms with Crippen LogP contribution in [0.4, 0.5) is 4.39 Å². The molecule has 154 valence electrons. The fraction of sp³-hybridized carbons (Fsp3) is 0.619. The largest absolute Gasteiger partial charge is 0.480 e. The summed E-state index contributed by atoms with van der Waals surface area (Å²) in [4.78, 5) is 27.8. The lowest BCUT2D eigenvalue weighted by Crippen LogP contribution is -2.56. The molecule has 7 heteroatoms. The maximum absolute atomic E-state index is 13.4. The highest BCUT2D eigenvalue weighted by molar-refractivity contribution is 5.79. The molecule has 1 aromatic rings. The topological polar surface area (TPSA) is 72.9 Å². The van der Waals surface area contributed by atoms with Gasteiger partial charge in [0, 0.05) is 25.2 Å². The molecule has 0 bridgehead atoms. The van der Waals surface area contributed by atoms with Gasteiger partial charge in [-0.05, 0) is 56.5 Å². The van der Waals surface area contributed by atoms with Gasteiger partial charge < -0.3 is 10.4 Å². The number of carboxylic acid groups (broad SMARTS) is 1. The van der Waals surface area contributed by atoms with Crippen molar-refractivity contribution < 1.29 is 19.1 Å². The molecule has 1 saturated heterocycles. The molecule has 2 N–H and O–H groups in total. The number of halogens is 1. The Morgan fingerprint density at radius 2 is 2.14 bits per heavy atom. The Bertz CT molecular complexity index is 693. The number of carbonyl (C=O) groups is 2. The van der Waals surface area contributed by atoms with E-state index in [1.165, 1.54) is 6.07 Å². The minimum absolute atomic E-state index is 0.0392. The average Bonchev–Trinajstić information content (AvgIpc) is 2.62. The highest BCUT2D eigenvalue weighted by Gasteiger charge is 2.36. The molecular weight excluding hydrogens is 361 g/mol. The van der Waals surface area contributed by atoms with Crippen LogP contribution in [0.1, 0.15) is 38.2 Å².